The molecule has 23 heavy (non-hydrogen) atoms. The molecule has 0 N–H and O–H groups in total. The van der Waals surface area contributed by atoms with E-state index in [0.717, 1.165) is 15.7 Å². The van der Waals surface area contributed by atoms with E-state index in [2.05, 4.69) is 20.9 Å². The van der Waals surface area contributed by atoms with Crippen LogP contribution in [0.3, 0.4) is 0 Å². The predicted octanol–water partition coefficient (Wildman–Crippen LogP) is 3.53. The van der Waals surface area contributed by atoms with E-state index in [4.69, 9.17) is 9.47 Å². The van der Waals surface area contributed by atoms with Gasteiger partial charge in [0, 0.05) is 16.9 Å². The van der Waals surface area contributed by atoms with E-state index < -0.39 is 5.97 Å². The standard InChI is InChI=1S/C17H15BrN2O3/c1-12-5-6-16-19-14(9-20(16)8-12)10-23-17(21)11-22-15-4-2-3-13(18)7-15/h2-9H,10-11H2,1H3. The minimum atomic E-state index is -0.432. The molecule has 0 amide bonds. The second-order valence-corrected chi connectivity index (χ2v) is 6.03. The first-order valence-electron chi connectivity index (χ1n) is 7.08. The molecule has 3 aromatic rings. The van der Waals surface area contributed by atoms with Gasteiger partial charge in [0.1, 0.15) is 18.0 Å². The summed E-state index contributed by atoms with van der Waals surface area (Å²) >= 11 is 3.35. The highest BCUT2D eigenvalue weighted by Crippen LogP contribution is 2.17. The van der Waals surface area contributed by atoms with Crippen molar-refractivity contribution in [1.29, 1.82) is 0 Å². The highest BCUT2D eigenvalue weighted by Gasteiger charge is 2.08. The molecule has 0 aliphatic heterocycles. The highest BCUT2D eigenvalue weighted by molar-refractivity contribution is 9.10. The third-order valence-corrected chi connectivity index (χ3v) is 3.68. The monoisotopic (exact) mass is 374 g/mol. The summed E-state index contributed by atoms with van der Waals surface area (Å²) in [5.74, 6) is 0.178. The van der Waals surface area contributed by atoms with Crippen LogP contribution in [0.15, 0.2) is 53.3 Å². The van der Waals surface area contributed by atoms with Gasteiger partial charge in [-0.25, -0.2) is 9.78 Å². The zero-order valence-corrected chi connectivity index (χ0v) is 14.1. The number of rotatable bonds is 5. The number of fused-ring (bicyclic) bond motifs is 1. The van der Waals surface area contributed by atoms with Crippen molar-refractivity contribution < 1.29 is 14.3 Å². The molecule has 118 valence electrons. The summed E-state index contributed by atoms with van der Waals surface area (Å²) in [5, 5.41) is 0. The van der Waals surface area contributed by atoms with Crippen molar-refractivity contribution in [3.8, 4) is 5.75 Å². The maximum absolute atomic E-state index is 11.8. The third kappa shape index (κ3) is 4.10. The summed E-state index contributed by atoms with van der Waals surface area (Å²) in [4.78, 5) is 16.1. The highest BCUT2D eigenvalue weighted by atomic mass is 79.9. The molecule has 5 nitrogen and oxygen atoms in total. The SMILES string of the molecule is Cc1ccc2nc(COC(=O)COc3cccc(Br)c3)cn2c1. The van der Waals surface area contributed by atoms with Gasteiger partial charge in [-0.3, -0.25) is 0 Å². The van der Waals surface area contributed by atoms with Crippen molar-refractivity contribution in [2.75, 3.05) is 6.61 Å². The zero-order valence-electron chi connectivity index (χ0n) is 12.5. The molecule has 0 bridgehead atoms. The molecular weight excluding hydrogens is 360 g/mol. The predicted molar refractivity (Wildman–Crippen MR) is 89.4 cm³/mol. The molecule has 0 aliphatic carbocycles. The van der Waals surface area contributed by atoms with Crippen molar-refractivity contribution in [3.05, 3.63) is 64.5 Å². The van der Waals surface area contributed by atoms with Crippen molar-refractivity contribution in [2.24, 2.45) is 0 Å². The molecule has 2 heterocycles. The molecule has 0 fully saturated rings. The van der Waals surface area contributed by atoms with E-state index >= 15 is 0 Å². The molecule has 0 saturated carbocycles. The van der Waals surface area contributed by atoms with E-state index in [0.29, 0.717) is 11.4 Å². The van der Waals surface area contributed by atoms with E-state index in [1.54, 1.807) is 12.1 Å². The van der Waals surface area contributed by atoms with Crippen LogP contribution in [0, 0.1) is 6.92 Å². The number of halogens is 1. The normalized spacial score (nSPS) is 10.7. The number of benzene rings is 1. The molecule has 3 rings (SSSR count). The molecule has 6 heteroatoms. The molecule has 2 aromatic heterocycles. The number of pyridine rings is 1. The van der Waals surface area contributed by atoms with Gasteiger partial charge in [0.25, 0.3) is 0 Å². The molecular formula is C17H15BrN2O3. The summed E-state index contributed by atoms with van der Waals surface area (Å²) in [6.07, 6.45) is 3.83. The van der Waals surface area contributed by atoms with Crippen molar-refractivity contribution >= 4 is 27.5 Å². The van der Waals surface area contributed by atoms with Crippen LogP contribution in [0.25, 0.3) is 5.65 Å². The lowest BCUT2D eigenvalue weighted by atomic mass is 10.3. The summed E-state index contributed by atoms with van der Waals surface area (Å²) in [7, 11) is 0. The molecule has 0 spiro atoms. The number of aryl methyl sites for hydroxylation is 1. The van der Waals surface area contributed by atoms with E-state index in [1.165, 1.54) is 0 Å². The van der Waals surface area contributed by atoms with Gasteiger partial charge in [0.05, 0.1) is 5.69 Å². The van der Waals surface area contributed by atoms with Crippen LogP contribution >= 0.6 is 15.9 Å². The first-order chi connectivity index (χ1) is 11.1. The Morgan fingerprint density at radius 1 is 1.26 bits per heavy atom. The van der Waals surface area contributed by atoms with E-state index in [-0.39, 0.29) is 13.2 Å². The Balaban J connectivity index is 1.53. The van der Waals surface area contributed by atoms with Crippen molar-refractivity contribution in [2.45, 2.75) is 13.5 Å². The van der Waals surface area contributed by atoms with Crippen LogP contribution in [0.1, 0.15) is 11.3 Å². The van der Waals surface area contributed by atoms with E-state index in [9.17, 15) is 4.79 Å². The van der Waals surface area contributed by atoms with E-state index in [1.807, 2.05) is 48.0 Å². The number of carbonyl (C=O) groups is 1. The van der Waals surface area contributed by atoms with Crippen molar-refractivity contribution in [3.63, 3.8) is 0 Å². The number of esters is 1. The summed E-state index contributed by atoms with van der Waals surface area (Å²) < 4.78 is 13.4. The largest absolute Gasteiger partial charge is 0.482 e. The number of hydrogen-bond acceptors (Lipinski definition) is 4. The minimum absolute atomic E-state index is 0.126. The van der Waals surface area contributed by atoms with Crippen LogP contribution < -0.4 is 4.74 Å². The van der Waals surface area contributed by atoms with Crippen molar-refractivity contribution in [1.82, 2.24) is 9.38 Å². The summed E-state index contributed by atoms with van der Waals surface area (Å²) in [6.45, 7) is 2.00. The number of ether oxygens (including phenoxy) is 2. The lowest BCUT2D eigenvalue weighted by molar-refractivity contribution is -0.147. The Morgan fingerprint density at radius 3 is 2.96 bits per heavy atom. The fraction of sp³-hybridized carbons (Fsp3) is 0.176. The lowest BCUT2D eigenvalue weighted by Gasteiger charge is -2.06. The maximum Gasteiger partial charge on any atom is 0.344 e. The summed E-state index contributed by atoms with van der Waals surface area (Å²) in [6, 6.07) is 11.2. The average molecular weight is 375 g/mol. The Kier molecular flexibility index (Phi) is 4.62. The Bertz CT molecular complexity index is 845. The van der Waals surface area contributed by atoms with Crippen LogP contribution in [-0.2, 0) is 16.1 Å². The summed E-state index contributed by atoms with van der Waals surface area (Å²) in [5.41, 5.74) is 2.67. The fourth-order valence-corrected chi connectivity index (χ4v) is 2.50. The smallest absolute Gasteiger partial charge is 0.344 e. The molecule has 0 atom stereocenters. The first kappa shape index (κ1) is 15.6. The zero-order chi connectivity index (χ0) is 16.2. The van der Waals surface area contributed by atoms with Crippen LogP contribution in [0.5, 0.6) is 5.75 Å². The average Bonchev–Trinajstić information content (AvgIpc) is 2.93. The van der Waals surface area contributed by atoms with Gasteiger partial charge < -0.3 is 13.9 Å². The first-order valence-corrected chi connectivity index (χ1v) is 7.88. The Hall–Kier alpha value is -2.34. The number of nitrogens with zero attached hydrogens (tertiary/aromatic N) is 2. The molecule has 0 saturated heterocycles. The van der Waals surface area contributed by atoms with Gasteiger partial charge in [-0.05, 0) is 36.8 Å². The Labute approximate surface area is 142 Å². The van der Waals surface area contributed by atoms with Gasteiger partial charge in [-0.2, -0.15) is 0 Å². The van der Waals surface area contributed by atoms with Crippen LogP contribution in [0.4, 0.5) is 0 Å². The molecule has 0 aliphatic rings. The second-order valence-electron chi connectivity index (χ2n) is 5.11. The minimum Gasteiger partial charge on any atom is -0.482 e. The number of hydrogen-bond donors (Lipinski definition) is 0. The van der Waals surface area contributed by atoms with Gasteiger partial charge >= 0.3 is 5.97 Å². The third-order valence-electron chi connectivity index (χ3n) is 3.18. The quantitative estimate of drug-likeness (QED) is 0.641. The number of carbonyl (C=O) groups excluding carboxylic acids is 1. The van der Waals surface area contributed by atoms with Gasteiger partial charge in [-0.15, -0.1) is 0 Å². The maximum atomic E-state index is 11.8. The fourth-order valence-electron chi connectivity index (χ4n) is 2.12. The van der Waals surface area contributed by atoms with Crippen LogP contribution in [0.2, 0.25) is 0 Å². The van der Waals surface area contributed by atoms with Crippen LogP contribution in [-0.4, -0.2) is 22.0 Å². The molecule has 0 radical (unpaired) electrons. The second kappa shape index (κ2) is 6.83. The molecule has 0 unspecified atom stereocenters. The Morgan fingerprint density at radius 2 is 2.13 bits per heavy atom. The number of aromatic nitrogens is 2. The van der Waals surface area contributed by atoms with Gasteiger partial charge in [-0.1, -0.05) is 28.1 Å². The topological polar surface area (TPSA) is 52.8 Å². The lowest BCUT2D eigenvalue weighted by Crippen LogP contribution is -2.14. The van der Waals surface area contributed by atoms with Gasteiger partial charge in [0.2, 0.25) is 0 Å². The number of imidazole rings is 1. The van der Waals surface area contributed by atoms with Gasteiger partial charge in [0.15, 0.2) is 6.61 Å². The molecule has 1 aromatic carbocycles.